The maximum Gasteiger partial charge on any atom is 0.259 e. The average molecular weight is 419 g/mol. The predicted molar refractivity (Wildman–Crippen MR) is 113 cm³/mol. The molecule has 0 radical (unpaired) electrons. The Kier molecular flexibility index (Phi) is 7.66. The first-order chi connectivity index (χ1) is 14.4. The highest BCUT2D eigenvalue weighted by Gasteiger charge is 2.35. The minimum Gasteiger partial charge on any atom is -0.477 e. The Bertz CT molecular complexity index is 736. The number of piperidine rings is 1. The molecule has 1 aromatic heterocycles. The van der Waals surface area contributed by atoms with Gasteiger partial charge in [-0.3, -0.25) is 9.59 Å². The van der Waals surface area contributed by atoms with E-state index in [4.69, 9.17) is 4.74 Å². The summed E-state index contributed by atoms with van der Waals surface area (Å²) in [4.78, 5) is 32.6. The molecule has 0 unspecified atom stereocenters. The van der Waals surface area contributed by atoms with Gasteiger partial charge in [-0.1, -0.05) is 0 Å². The van der Waals surface area contributed by atoms with Crippen LogP contribution in [0, 0.1) is 0 Å². The molecule has 2 saturated heterocycles. The molecule has 3 heterocycles. The van der Waals surface area contributed by atoms with Crippen molar-refractivity contribution in [3.8, 4) is 5.88 Å². The van der Waals surface area contributed by atoms with E-state index in [2.05, 4.69) is 15.2 Å². The van der Waals surface area contributed by atoms with E-state index < -0.39 is 5.60 Å². The van der Waals surface area contributed by atoms with Crippen LogP contribution in [0.3, 0.4) is 0 Å². The highest BCUT2D eigenvalue weighted by molar-refractivity contribution is 5.96. The second-order valence-electron chi connectivity index (χ2n) is 8.41. The van der Waals surface area contributed by atoms with Crippen molar-refractivity contribution in [2.45, 2.75) is 57.6 Å². The quantitative estimate of drug-likeness (QED) is 0.726. The molecule has 30 heavy (non-hydrogen) atoms. The Balaban J connectivity index is 1.55. The number of nitrogens with zero attached hydrogens (tertiary/aromatic N) is 3. The van der Waals surface area contributed by atoms with Gasteiger partial charge in [-0.25, -0.2) is 4.98 Å². The van der Waals surface area contributed by atoms with Crippen LogP contribution >= 0.6 is 0 Å². The molecule has 0 saturated carbocycles. The van der Waals surface area contributed by atoms with Gasteiger partial charge in [0.05, 0.1) is 12.2 Å². The Morgan fingerprint density at radius 2 is 2.03 bits per heavy atom. The van der Waals surface area contributed by atoms with Crippen molar-refractivity contribution in [2.24, 2.45) is 0 Å². The summed E-state index contributed by atoms with van der Waals surface area (Å²) in [6.07, 6.45) is 5.41. The lowest BCUT2D eigenvalue weighted by Crippen LogP contribution is -2.50. The highest BCUT2D eigenvalue weighted by Crippen LogP contribution is 2.27. The molecule has 0 bridgehead atoms. The van der Waals surface area contributed by atoms with Gasteiger partial charge < -0.3 is 25.0 Å². The Morgan fingerprint density at radius 1 is 1.27 bits per heavy atom. The molecule has 8 heteroatoms. The zero-order valence-electron chi connectivity index (χ0n) is 18.1. The Hall–Kier alpha value is -2.19. The number of pyridine rings is 1. The van der Waals surface area contributed by atoms with Gasteiger partial charge in [0.2, 0.25) is 11.8 Å². The average Bonchev–Trinajstić information content (AvgIpc) is 2.91. The van der Waals surface area contributed by atoms with Gasteiger partial charge in [-0.05, 0) is 51.2 Å². The Morgan fingerprint density at radius 3 is 2.73 bits per heavy atom. The zero-order valence-corrected chi connectivity index (χ0v) is 18.1. The van der Waals surface area contributed by atoms with Gasteiger partial charge in [0, 0.05) is 51.9 Å². The number of carbonyl (C=O) groups is 2. The molecule has 2 N–H and O–H groups in total. The molecule has 1 aromatic rings. The van der Waals surface area contributed by atoms with Crippen LogP contribution in [0.5, 0.6) is 5.88 Å². The maximum absolute atomic E-state index is 13.1. The van der Waals surface area contributed by atoms with Crippen LogP contribution in [0.2, 0.25) is 0 Å². The van der Waals surface area contributed by atoms with E-state index in [1.165, 1.54) is 0 Å². The summed E-state index contributed by atoms with van der Waals surface area (Å²) in [5, 5.41) is 14.2. The molecule has 2 aliphatic heterocycles. The third-order valence-corrected chi connectivity index (χ3v) is 6.00. The second kappa shape index (κ2) is 10.2. The summed E-state index contributed by atoms with van der Waals surface area (Å²) in [6, 6.07) is 3.72. The SMILES string of the molecule is CCOc1ncccc1C(=O)N1CCC[C@@](O)(CN2CCC(NC(C)=O)CC2)CC1. The number of carbonyl (C=O) groups excluding carboxylic acids is 2. The van der Waals surface area contributed by atoms with E-state index in [9.17, 15) is 14.7 Å². The lowest BCUT2D eigenvalue weighted by atomic mass is 9.93. The number of hydrogen-bond acceptors (Lipinski definition) is 6. The first-order valence-corrected chi connectivity index (χ1v) is 11.0. The summed E-state index contributed by atoms with van der Waals surface area (Å²) < 4.78 is 5.51. The molecule has 0 aromatic carbocycles. The fraction of sp³-hybridized carbons (Fsp3) is 0.682. The van der Waals surface area contributed by atoms with Crippen LogP contribution in [-0.2, 0) is 4.79 Å². The van der Waals surface area contributed by atoms with Crippen molar-refractivity contribution < 1.29 is 19.4 Å². The van der Waals surface area contributed by atoms with Gasteiger partial charge in [-0.2, -0.15) is 0 Å². The number of aliphatic hydroxyl groups is 1. The van der Waals surface area contributed by atoms with Crippen LogP contribution < -0.4 is 10.1 Å². The highest BCUT2D eigenvalue weighted by atomic mass is 16.5. The van der Waals surface area contributed by atoms with E-state index in [-0.39, 0.29) is 17.9 Å². The number of rotatable bonds is 6. The predicted octanol–water partition coefficient (Wildman–Crippen LogP) is 1.44. The summed E-state index contributed by atoms with van der Waals surface area (Å²) in [7, 11) is 0. The largest absolute Gasteiger partial charge is 0.477 e. The fourth-order valence-electron chi connectivity index (χ4n) is 4.45. The number of ether oxygens (including phenoxy) is 1. The van der Waals surface area contributed by atoms with Crippen molar-refractivity contribution in [3.63, 3.8) is 0 Å². The molecule has 0 spiro atoms. The van der Waals surface area contributed by atoms with Crippen LogP contribution in [-0.4, -0.2) is 82.7 Å². The molecule has 1 atom stereocenters. The molecule has 3 rings (SSSR count). The molecular weight excluding hydrogens is 384 g/mol. The van der Waals surface area contributed by atoms with Gasteiger partial charge >= 0.3 is 0 Å². The first kappa shape index (κ1) is 22.5. The third-order valence-electron chi connectivity index (χ3n) is 6.00. The number of likely N-dealkylation sites (tertiary alicyclic amines) is 2. The summed E-state index contributed by atoms with van der Waals surface area (Å²) >= 11 is 0. The van der Waals surface area contributed by atoms with Crippen LogP contribution in [0.1, 0.15) is 56.3 Å². The zero-order chi connectivity index (χ0) is 21.6. The van der Waals surface area contributed by atoms with Crippen LogP contribution in [0.25, 0.3) is 0 Å². The standard InChI is InChI=1S/C22H34N4O4/c1-3-30-20-19(6-4-11-23-20)21(28)26-12-5-9-22(29,10-15-26)16-25-13-7-18(8-14-25)24-17(2)27/h4,6,11,18,29H,3,5,7-10,12-16H2,1-2H3,(H,24,27)/t22-/m0/s1. The normalized spacial score (nSPS) is 23.6. The van der Waals surface area contributed by atoms with E-state index in [0.717, 1.165) is 32.4 Å². The van der Waals surface area contributed by atoms with Crippen molar-refractivity contribution in [3.05, 3.63) is 23.9 Å². The summed E-state index contributed by atoms with van der Waals surface area (Å²) in [5.41, 5.74) is -0.321. The van der Waals surface area contributed by atoms with Gasteiger partial charge in [0.25, 0.3) is 5.91 Å². The number of hydrogen-bond donors (Lipinski definition) is 2. The summed E-state index contributed by atoms with van der Waals surface area (Å²) in [6.45, 7) is 7.34. The van der Waals surface area contributed by atoms with E-state index in [0.29, 0.717) is 50.5 Å². The number of amides is 2. The van der Waals surface area contributed by atoms with Crippen molar-refractivity contribution in [1.82, 2.24) is 20.1 Å². The fourth-order valence-corrected chi connectivity index (χ4v) is 4.45. The molecular formula is C22H34N4O4. The first-order valence-electron chi connectivity index (χ1n) is 11.0. The molecule has 8 nitrogen and oxygen atoms in total. The summed E-state index contributed by atoms with van der Waals surface area (Å²) in [5.74, 6) is 0.292. The van der Waals surface area contributed by atoms with Gasteiger partial charge in [-0.15, -0.1) is 0 Å². The molecule has 2 fully saturated rings. The van der Waals surface area contributed by atoms with Crippen LogP contribution in [0.4, 0.5) is 0 Å². The maximum atomic E-state index is 13.1. The van der Waals surface area contributed by atoms with Crippen LogP contribution in [0.15, 0.2) is 18.3 Å². The lowest BCUT2D eigenvalue weighted by Gasteiger charge is -2.38. The molecule has 2 amide bonds. The number of aromatic nitrogens is 1. The monoisotopic (exact) mass is 418 g/mol. The minimum absolute atomic E-state index is 0.0155. The number of β-amino-alcohol motifs (C(OH)–C–C–N with tert-alkyl or cyclic N) is 1. The third kappa shape index (κ3) is 5.92. The van der Waals surface area contributed by atoms with Crippen molar-refractivity contribution in [2.75, 3.05) is 39.3 Å². The molecule has 0 aliphatic carbocycles. The molecule has 166 valence electrons. The Labute approximate surface area is 178 Å². The van der Waals surface area contributed by atoms with E-state index >= 15 is 0 Å². The lowest BCUT2D eigenvalue weighted by molar-refractivity contribution is -0.120. The number of nitrogens with one attached hydrogen (secondary N) is 1. The smallest absolute Gasteiger partial charge is 0.259 e. The van der Waals surface area contributed by atoms with Gasteiger partial charge in [0.1, 0.15) is 5.56 Å². The minimum atomic E-state index is -0.798. The van der Waals surface area contributed by atoms with Crippen molar-refractivity contribution in [1.29, 1.82) is 0 Å². The van der Waals surface area contributed by atoms with E-state index in [1.54, 1.807) is 30.2 Å². The van der Waals surface area contributed by atoms with E-state index in [1.807, 2.05) is 6.92 Å². The molecule has 2 aliphatic rings. The second-order valence-corrected chi connectivity index (χ2v) is 8.41. The topological polar surface area (TPSA) is 95.0 Å². The van der Waals surface area contributed by atoms with Gasteiger partial charge in [0.15, 0.2) is 0 Å². The van der Waals surface area contributed by atoms with Crippen molar-refractivity contribution >= 4 is 11.8 Å².